The molecule has 0 radical (unpaired) electrons. The van der Waals surface area contributed by atoms with E-state index in [9.17, 15) is 9.59 Å². The number of amides is 1. The van der Waals surface area contributed by atoms with Crippen molar-refractivity contribution in [1.29, 1.82) is 0 Å². The fraction of sp³-hybridized carbons (Fsp3) is 0.857. The normalized spacial score (nSPS) is 13.0. The lowest BCUT2D eigenvalue weighted by molar-refractivity contribution is -0.141. The van der Waals surface area contributed by atoms with Crippen LogP contribution in [0.4, 0.5) is 4.79 Å². The van der Waals surface area contributed by atoms with E-state index in [1.807, 2.05) is 20.8 Å². The highest BCUT2D eigenvalue weighted by Crippen LogP contribution is 2.15. The van der Waals surface area contributed by atoms with Gasteiger partial charge in [-0.25, -0.2) is 4.79 Å². The van der Waals surface area contributed by atoms with Crippen LogP contribution >= 0.6 is 0 Å². The molecule has 0 heterocycles. The molecule has 0 aliphatic heterocycles. The van der Waals surface area contributed by atoms with E-state index in [1.165, 1.54) is 7.11 Å². The average molecular weight is 273 g/mol. The Bertz CT molecular complexity index is 294. The van der Waals surface area contributed by atoms with Gasteiger partial charge in [-0.05, 0) is 39.0 Å². The SMILES string of the molecule is COC(=O)C[C@@H](CNC(=O)OC(C)(C)C)CC(C)C. The molecule has 112 valence electrons. The van der Waals surface area contributed by atoms with Crippen molar-refractivity contribution in [3.8, 4) is 0 Å². The zero-order valence-electron chi connectivity index (χ0n) is 12.9. The molecule has 0 rings (SSSR count). The summed E-state index contributed by atoms with van der Waals surface area (Å²) in [5.74, 6) is 0.270. The summed E-state index contributed by atoms with van der Waals surface area (Å²) in [6.07, 6.45) is 0.709. The smallest absolute Gasteiger partial charge is 0.407 e. The minimum Gasteiger partial charge on any atom is -0.469 e. The van der Waals surface area contributed by atoms with Crippen LogP contribution in [-0.2, 0) is 14.3 Å². The Morgan fingerprint density at radius 2 is 1.79 bits per heavy atom. The number of alkyl carbamates (subject to hydrolysis) is 1. The Hall–Kier alpha value is -1.26. The van der Waals surface area contributed by atoms with Crippen molar-refractivity contribution >= 4 is 12.1 Å². The highest BCUT2D eigenvalue weighted by atomic mass is 16.6. The lowest BCUT2D eigenvalue weighted by atomic mass is 9.94. The number of ether oxygens (including phenoxy) is 2. The van der Waals surface area contributed by atoms with Gasteiger partial charge in [-0.15, -0.1) is 0 Å². The van der Waals surface area contributed by atoms with Crippen molar-refractivity contribution in [3.05, 3.63) is 0 Å². The average Bonchev–Trinajstić information content (AvgIpc) is 2.22. The maximum absolute atomic E-state index is 11.6. The van der Waals surface area contributed by atoms with E-state index < -0.39 is 11.7 Å². The zero-order chi connectivity index (χ0) is 15.1. The molecular weight excluding hydrogens is 246 g/mol. The summed E-state index contributed by atoms with van der Waals surface area (Å²) in [5, 5.41) is 2.71. The topological polar surface area (TPSA) is 64.6 Å². The zero-order valence-corrected chi connectivity index (χ0v) is 12.9. The van der Waals surface area contributed by atoms with Gasteiger partial charge in [0.1, 0.15) is 5.60 Å². The first-order valence-electron chi connectivity index (χ1n) is 6.67. The van der Waals surface area contributed by atoms with E-state index in [4.69, 9.17) is 4.74 Å². The van der Waals surface area contributed by atoms with Gasteiger partial charge in [-0.2, -0.15) is 0 Å². The summed E-state index contributed by atoms with van der Waals surface area (Å²) in [6, 6.07) is 0. The molecule has 1 amide bonds. The number of carbonyl (C=O) groups excluding carboxylic acids is 2. The first-order chi connectivity index (χ1) is 8.64. The van der Waals surface area contributed by atoms with Gasteiger partial charge < -0.3 is 14.8 Å². The Kier molecular flexibility index (Phi) is 7.49. The molecule has 0 aromatic carbocycles. The second kappa shape index (κ2) is 8.02. The van der Waals surface area contributed by atoms with Gasteiger partial charge in [0.05, 0.1) is 13.5 Å². The molecule has 0 saturated carbocycles. The van der Waals surface area contributed by atoms with Gasteiger partial charge in [-0.3, -0.25) is 4.79 Å². The summed E-state index contributed by atoms with van der Waals surface area (Å²) in [4.78, 5) is 22.9. The van der Waals surface area contributed by atoms with Gasteiger partial charge in [-0.1, -0.05) is 13.8 Å². The van der Waals surface area contributed by atoms with Crippen molar-refractivity contribution < 1.29 is 19.1 Å². The second-order valence-corrected chi connectivity index (χ2v) is 6.16. The molecule has 5 nitrogen and oxygen atoms in total. The Morgan fingerprint density at radius 1 is 1.21 bits per heavy atom. The molecule has 1 atom stereocenters. The van der Waals surface area contributed by atoms with Crippen LogP contribution in [0.5, 0.6) is 0 Å². The van der Waals surface area contributed by atoms with Crippen LogP contribution in [0.3, 0.4) is 0 Å². The standard InChI is InChI=1S/C14H27NO4/c1-10(2)7-11(8-12(16)18-6)9-15-13(17)19-14(3,4)5/h10-11H,7-9H2,1-6H3,(H,15,17)/t11-/m0/s1. The fourth-order valence-electron chi connectivity index (χ4n) is 1.77. The van der Waals surface area contributed by atoms with E-state index in [0.717, 1.165) is 6.42 Å². The molecule has 0 aromatic rings. The van der Waals surface area contributed by atoms with Crippen LogP contribution in [0.25, 0.3) is 0 Å². The number of hydrogen-bond donors (Lipinski definition) is 1. The second-order valence-electron chi connectivity index (χ2n) is 6.16. The van der Waals surface area contributed by atoms with Crippen LogP contribution < -0.4 is 5.32 Å². The maximum atomic E-state index is 11.6. The molecule has 5 heteroatoms. The van der Waals surface area contributed by atoms with Crippen LogP contribution in [0.15, 0.2) is 0 Å². The molecule has 0 aliphatic rings. The molecule has 0 unspecified atom stereocenters. The Labute approximate surface area is 116 Å². The van der Waals surface area contributed by atoms with Crippen molar-refractivity contribution in [3.63, 3.8) is 0 Å². The molecule has 0 saturated heterocycles. The molecule has 0 spiro atoms. The van der Waals surface area contributed by atoms with Gasteiger partial charge in [0.15, 0.2) is 0 Å². The van der Waals surface area contributed by atoms with E-state index in [2.05, 4.69) is 23.9 Å². The molecule has 0 aromatic heterocycles. The number of rotatable bonds is 6. The van der Waals surface area contributed by atoms with E-state index in [0.29, 0.717) is 18.9 Å². The molecule has 1 N–H and O–H groups in total. The predicted octanol–water partition coefficient (Wildman–Crippen LogP) is 2.74. The van der Waals surface area contributed by atoms with Gasteiger partial charge in [0.2, 0.25) is 0 Å². The van der Waals surface area contributed by atoms with E-state index in [1.54, 1.807) is 0 Å². The third kappa shape index (κ3) is 10.4. The highest BCUT2D eigenvalue weighted by molar-refractivity contribution is 5.70. The molecular formula is C14H27NO4. The summed E-state index contributed by atoms with van der Waals surface area (Å²) in [6.45, 7) is 10.0. The van der Waals surface area contributed by atoms with Gasteiger partial charge in [0, 0.05) is 6.54 Å². The third-order valence-corrected chi connectivity index (χ3v) is 2.42. The minimum atomic E-state index is -0.514. The van der Waals surface area contributed by atoms with Gasteiger partial charge >= 0.3 is 12.1 Å². The highest BCUT2D eigenvalue weighted by Gasteiger charge is 2.20. The molecule has 0 aliphatic carbocycles. The van der Waals surface area contributed by atoms with Gasteiger partial charge in [0.25, 0.3) is 0 Å². The van der Waals surface area contributed by atoms with Crippen LogP contribution in [0.2, 0.25) is 0 Å². The summed E-state index contributed by atoms with van der Waals surface area (Å²) >= 11 is 0. The molecule has 19 heavy (non-hydrogen) atoms. The van der Waals surface area contributed by atoms with Crippen molar-refractivity contribution in [2.75, 3.05) is 13.7 Å². The predicted molar refractivity (Wildman–Crippen MR) is 73.8 cm³/mol. The van der Waals surface area contributed by atoms with Crippen LogP contribution in [0.1, 0.15) is 47.5 Å². The lowest BCUT2D eigenvalue weighted by Gasteiger charge is -2.22. The van der Waals surface area contributed by atoms with Crippen molar-refractivity contribution in [2.45, 2.75) is 53.1 Å². The van der Waals surface area contributed by atoms with Crippen LogP contribution in [-0.4, -0.2) is 31.3 Å². The molecule has 0 bridgehead atoms. The Morgan fingerprint density at radius 3 is 2.21 bits per heavy atom. The van der Waals surface area contributed by atoms with E-state index in [-0.39, 0.29) is 11.9 Å². The first-order valence-corrected chi connectivity index (χ1v) is 6.67. The third-order valence-electron chi connectivity index (χ3n) is 2.42. The van der Waals surface area contributed by atoms with Crippen molar-refractivity contribution in [2.24, 2.45) is 11.8 Å². The monoisotopic (exact) mass is 273 g/mol. The molecule has 0 fully saturated rings. The summed E-state index contributed by atoms with van der Waals surface area (Å²) in [7, 11) is 1.37. The summed E-state index contributed by atoms with van der Waals surface area (Å²) in [5.41, 5.74) is -0.514. The minimum absolute atomic E-state index is 0.0694. The van der Waals surface area contributed by atoms with E-state index >= 15 is 0 Å². The number of nitrogens with one attached hydrogen (secondary N) is 1. The quantitative estimate of drug-likeness (QED) is 0.756. The first kappa shape index (κ1) is 17.7. The largest absolute Gasteiger partial charge is 0.469 e. The maximum Gasteiger partial charge on any atom is 0.407 e. The lowest BCUT2D eigenvalue weighted by Crippen LogP contribution is -2.36. The van der Waals surface area contributed by atoms with Crippen molar-refractivity contribution in [1.82, 2.24) is 5.32 Å². The van der Waals surface area contributed by atoms with Crippen LogP contribution in [0, 0.1) is 11.8 Å². The number of esters is 1. The number of methoxy groups -OCH3 is 1. The summed E-state index contributed by atoms with van der Waals surface area (Å²) < 4.78 is 9.82. The number of carbonyl (C=O) groups is 2. The number of hydrogen-bond acceptors (Lipinski definition) is 4. The fourth-order valence-corrected chi connectivity index (χ4v) is 1.77. The Balaban J connectivity index is 4.25.